The van der Waals surface area contributed by atoms with Crippen molar-refractivity contribution >= 4 is 27.5 Å². The van der Waals surface area contributed by atoms with Crippen LogP contribution >= 0.6 is 0 Å². The number of piperidine rings is 1. The second-order valence-electron chi connectivity index (χ2n) is 7.91. The summed E-state index contributed by atoms with van der Waals surface area (Å²) in [4.78, 5) is 7.54. The number of nitrogens with zero attached hydrogens (tertiary/aromatic N) is 2. The van der Waals surface area contributed by atoms with Crippen LogP contribution in [0.15, 0.2) is 36.4 Å². The van der Waals surface area contributed by atoms with Crippen molar-refractivity contribution in [3.8, 4) is 11.5 Å². The number of likely N-dealkylation sites (tertiary alicyclic amines) is 1. The quantitative estimate of drug-likeness (QED) is 0.666. The molecule has 0 amide bonds. The number of hydrogen-bond donors (Lipinski definition) is 1. The molecule has 5 heteroatoms. The zero-order chi connectivity index (χ0) is 19.1. The molecule has 28 heavy (non-hydrogen) atoms. The van der Waals surface area contributed by atoms with Crippen LogP contribution in [0.4, 0.5) is 5.69 Å². The highest BCUT2D eigenvalue weighted by atomic mass is 16.5. The Morgan fingerprint density at radius 3 is 2.32 bits per heavy atom. The number of hydrogen-bond acceptors (Lipinski definition) is 5. The first-order valence-electron chi connectivity index (χ1n) is 10.2. The lowest BCUT2D eigenvalue weighted by molar-refractivity contribution is 0.210. The normalized spacial score (nSPS) is 18.5. The Morgan fingerprint density at radius 1 is 0.893 bits per heavy atom. The predicted octanol–water partition coefficient (Wildman–Crippen LogP) is 4.44. The van der Waals surface area contributed by atoms with Crippen molar-refractivity contribution in [1.82, 2.24) is 9.88 Å². The molecule has 1 saturated heterocycles. The second kappa shape index (κ2) is 7.13. The van der Waals surface area contributed by atoms with E-state index in [-0.39, 0.29) is 0 Å². The molecular weight excluding hydrogens is 350 g/mol. The minimum atomic E-state index is 0.483. The molecule has 5 nitrogen and oxygen atoms in total. The molecule has 3 aromatic rings. The molecule has 0 unspecified atom stereocenters. The number of fused-ring (bicyclic) bond motifs is 2. The standard InChI is InChI=1S/C23H27N3O2/c1-27-21-13-18-20(14-22(21)28-2)25-19-6-4-3-5-17(19)23(18)24-15-9-11-26(12-10-15)16-7-8-16/h3-6,13-16H,7-12H2,1-2H3,(H,24,25). The maximum absolute atomic E-state index is 5.56. The van der Waals surface area contributed by atoms with Crippen molar-refractivity contribution in [3.63, 3.8) is 0 Å². The van der Waals surface area contributed by atoms with Gasteiger partial charge in [-0.1, -0.05) is 18.2 Å². The van der Waals surface area contributed by atoms with Crippen molar-refractivity contribution in [2.45, 2.75) is 37.8 Å². The van der Waals surface area contributed by atoms with Crippen molar-refractivity contribution in [3.05, 3.63) is 36.4 Å². The largest absolute Gasteiger partial charge is 0.493 e. The smallest absolute Gasteiger partial charge is 0.162 e. The maximum Gasteiger partial charge on any atom is 0.162 e. The lowest BCUT2D eigenvalue weighted by Gasteiger charge is -2.33. The van der Waals surface area contributed by atoms with Crippen LogP contribution in [-0.4, -0.2) is 49.3 Å². The SMILES string of the molecule is COc1cc2nc3ccccc3c(NC3CCN(C4CC4)CC3)c2cc1OC. The Balaban J connectivity index is 1.56. The number of rotatable bonds is 5. The van der Waals surface area contributed by atoms with E-state index in [1.54, 1.807) is 14.2 Å². The molecular formula is C23H27N3O2. The molecule has 2 aliphatic rings. The Hall–Kier alpha value is -2.53. The number of benzene rings is 2. The van der Waals surface area contributed by atoms with Gasteiger partial charge in [0.25, 0.3) is 0 Å². The van der Waals surface area contributed by atoms with E-state index >= 15 is 0 Å². The van der Waals surface area contributed by atoms with Gasteiger partial charge in [-0.3, -0.25) is 0 Å². The third-order valence-corrected chi connectivity index (χ3v) is 6.13. The third-order valence-electron chi connectivity index (χ3n) is 6.13. The van der Waals surface area contributed by atoms with E-state index in [0.717, 1.165) is 39.3 Å². The van der Waals surface area contributed by atoms with E-state index in [1.165, 1.54) is 38.8 Å². The minimum Gasteiger partial charge on any atom is -0.493 e. The lowest BCUT2D eigenvalue weighted by Crippen LogP contribution is -2.40. The number of para-hydroxylation sites is 1. The first-order chi connectivity index (χ1) is 13.8. The van der Waals surface area contributed by atoms with Crippen molar-refractivity contribution in [2.75, 3.05) is 32.6 Å². The Kier molecular flexibility index (Phi) is 4.47. The van der Waals surface area contributed by atoms with Gasteiger partial charge in [0.1, 0.15) is 0 Å². The zero-order valence-electron chi connectivity index (χ0n) is 16.6. The van der Waals surface area contributed by atoms with Crippen LogP contribution in [0.3, 0.4) is 0 Å². The van der Waals surface area contributed by atoms with Crippen LogP contribution in [0.25, 0.3) is 21.8 Å². The molecule has 2 aromatic carbocycles. The average molecular weight is 377 g/mol. The fourth-order valence-electron chi connectivity index (χ4n) is 4.43. The van der Waals surface area contributed by atoms with Gasteiger partial charge in [0.05, 0.1) is 30.9 Å². The Bertz CT molecular complexity index is 1010. The minimum absolute atomic E-state index is 0.483. The van der Waals surface area contributed by atoms with Gasteiger partial charge in [-0.15, -0.1) is 0 Å². The second-order valence-corrected chi connectivity index (χ2v) is 7.91. The van der Waals surface area contributed by atoms with E-state index < -0.39 is 0 Å². The molecule has 1 aliphatic heterocycles. The molecule has 2 heterocycles. The summed E-state index contributed by atoms with van der Waals surface area (Å²) < 4.78 is 11.1. The summed E-state index contributed by atoms with van der Waals surface area (Å²) in [7, 11) is 3.34. The summed E-state index contributed by atoms with van der Waals surface area (Å²) in [5.74, 6) is 1.44. The summed E-state index contributed by atoms with van der Waals surface area (Å²) in [6.45, 7) is 2.39. The van der Waals surface area contributed by atoms with E-state index in [4.69, 9.17) is 14.5 Å². The van der Waals surface area contributed by atoms with Crippen LogP contribution in [0.1, 0.15) is 25.7 Å². The number of anilines is 1. The lowest BCUT2D eigenvalue weighted by atomic mass is 10.0. The highest BCUT2D eigenvalue weighted by Crippen LogP contribution is 2.39. The molecule has 0 spiro atoms. The topological polar surface area (TPSA) is 46.6 Å². The number of aromatic nitrogens is 1. The van der Waals surface area contributed by atoms with Crippen LogP contribution in [-0.2, 0) is 0 Å². The highest BCUT2D eigenvalue weighted by molar-refractivity contribution is 6.08. The molecule has 5 rings (SSSR count). The van der Waals surface area contributed by atoms with Gasteiger partial charge in [-0.05, 0) is 37.8 Å². The van der Waals surface area contributed by atoms with E-state index in [2.05, 4.69) is 34.5 Å². The highest BCUT2D eigenvalue weighted by Gasteiger charge is 2.32. The Labute approximate surface area is 165 Å². The molecule has 1 saturated carbocycles. The van der Waals surface area contributed by atoms with Crippen LogP contribution < -0.4 is 14.8 Å². The summed E-state index contributed by atoms with van der Waals surface area (Å²) >= 11 is 0. The summed E-state index contributed by atoms with van der Waals surface area (Å²) in [5.41, 5.74) is 3.08. The van der Waals surface area contributed by atoms with Gasteiger partial charge in [0.15, 0.2) is 11.5 Å². The predicted molar refractivity (Wildman–Crippen MR) is 114 cm³/mol. The summed E-state index contributed by atoms with van der Waals surface area (Å²) in [5, 5.41) is 6.12. The molecule has 0 bridgehead atoms. The van der Waals surface area contributed by atoms with Gasteiger partial charge in [0, 0.05) is 42.0 Å². The molecule has 0 atom stereocenters. The number of pyridine rings is 1. The number of nitrogens with one attached hydrogen (secondary N) is 1. The summed E-state index contributed by atoms with van der Waals surface area (Å²) in [6.07, 6.45) is 5.14. The third kappa shape index (κ3) is 3.14. The van der Waals surface area contributed by atoms with E-state index in [1.807, 2.05) is 12.1 Å². The van der Waals surface area contributed by atoms with Crippen LogP contribution in [0, 0.1) is 0 Å². The van der Waals surface area contributed by atoms with Gasteiger partial charge in [0.2, 0.25) is 0 Å². The average Bonchev–Trinajstić information content (AvgIpc) is 3.58. The van der Waals surface area contributed by atoms with Crippen molar-refractivity contribution in [1.29, 1.82) is 0 Å². The molecule has 146 valence electrons. The first kappa shape index (κ1) is 17.6. The van der Waals surface area contributed by atoms with Crippen molar-refractivity contribution < 1.29 is 9.47 Å². The van der Waals surface area contributed by atoms with Gasteiger partial charge in [-0.2, -0.15) is 0 Å². The monoisotopic (exact) mass is 377 g/mol. The van der Waals surface area contributed by atoms with Crippen molar-refractivity contribution in [2.24, 2.45) is 0 Å². The number of methoxy groups -OCH3 is 2. The van der Waals surface area contributed by atoms with Crippen LogP contribution in [0.2, 0.25) is 0 Å². The van der Waals surface area contributed by atoms with E-state index in [0.29, 0.717) is 11.8 Å². The first-order valence-corrected chi connectivity index (χ1v) is 10.2. The molecule has 0 radical (unpaired) electrons. The molecule has 1 N–H and O–H groups in total. The molecule has 2 fully saturated rings. The number of ether oxygens (including phenoxy) is 2. The maximum atomic E-state index is 5.56. The fraction of sp³-hybridized carbons (Fsp3) is 0.435. The van der Waals surface area contributed by atoms with Gasteiger partial charge >= 0.3 is 0 Å². The fourth-order valence-corrected chi connectivity index (χ4v) is 4.43. The molecule has 1 aliphatic carbocycles. The zero-order valence-corrected chi connectivity index (χ0v) is 16.6. The Morgan fingerprint density at radius 2 is 1.61 bits per heavy atom. The molecule has 1 aromatic heterocycles. The summed E-state index contributed by atoms with van der Waals surface area (Å²) in [6, 6.07) is 13.7. The van der Waals surface area contributed by atoms with Crippen LogP contribution in [0.5, 0.6) is 11.5 Å². The van der Waals surface area contributed by atoms with Gasteiger partial charge in [-0.25, -0.2) is 4.98 Å². The van der Waals surface area contributed by atoms with E-state index in [9.17, 15) is 0 Å². The van der Waals surface area contributed by atoms with Gasteiger partial charge < -0.3 is 19.7 Å².